The molecule has 0 saturated heterocycles. The van der Waals surface area contributed by atoms with Crippen LogP contribution in [0.15, 0.2) is 36.5 Å². The molecule has 2 rings (SSSR count). The Morgan fingerprint density at radius 1 is 1.21 bits per heavy atom. The molecule has 1 aromatic heterocycles. The molecule has 0 aliphatic rings. The van der Waals surface area contributed by atoms with Crippen LogP contribution in [0.1, 0.15) is 28.4 Å². The second kappa shape index (κ2) is 5.82. The highest BCUT2D eigenvalue weighted by Gasteiger charge is 2.17. The van der Waals surface area contributed by atoms with Crippen LogP contribution in [0.4, 0.5) is 0 Å². The Bertz CT molecular complexity index is 552. The van der Waals surface area contributed by atoms with Gasteiger partial charge in [0.1, 0.15) is 5.75 Å². The normalized spacial score (nSPS) is 12.2. The van der Waals surface area contributed by atoms with E-state index in [1.54, 1.807) is 7.11 Å². The van der Waals surface area contributed by atoms with Crippen molar-refractivity contribution in [3.05, 3.63) is 58.9 Å². The molecule has 0 fully saturated rings. The van der Waals surface area contributed by atoms with Crippen molar-refractivity contribution in [1.29, 1.82) is 0 Å². The number of rotatable bonds is 4. The van der Waals surface area contributed by atoms with Crippen molar-refractivity contribution < 1.29 is 4.74 Å². The fraction of sp³-hybridized carbons (Fsp3) is 0.267. The first-order valence-electron chi connectivity index (χ1n) is 6.19. The van der Waals surface area contributed by atoms with Crippen molar-refractivity contribution in [1.82, 2.24) is 10.4 Å². The summed E-state index contributed by atoms with van der Waals surface area (Å²) < 4.78 is 5.41. The monoisotopic (exact) mass is 257 g/mol. The van der Waals surface area contributed by atoms with E-state index in [4.69, 9.17) is 10.6 Å². The second-order valence-electron chi connectivity index (χ2n) is 4.58. The zero-order valence-electron chi connectivity index (χ0n) is 11.5. The second-order valence-corrected chi connectivity index (χ2v) is 4.58. The molecule has 1 atom stereocenters. The van der Waals surface area contributed by atoms with Crippen LogP contribution in [-0.2, 0) is 0 Å². The van der Waals surface area contributed by atoms with Crippen molar-refractivity contribution in [2.75, 3.05) is 7.11 Å². The van der Waals surface area contributed by atoms with Gasteiger partial charge in [0, 0.05) is 17.5 Å². The zero-order valence-corrected chi connectivity index (χ0v) is 11.5. The Morgan fingerprint density at radius 3 is 2.58 bits per heavy atom. The maximum atomic E-state index is 5.72. The highest BCUT2D eigenvalue weighted by atomic mass is 16.5. The standard InChI is InChI=1S/C15H19N3O/c1-10-4-7-14(19-3)13(8-10)15(18-16)12-6-5-11(2)17-9-12/h4-9,15,18H,16H2,1-3H3. The van der Waals surface area contributed by atoms with E-state index >= 15 is 0 Å². The molecule has 2 aromatic rings. The molecule has 4 nitrogen and oxygen atoms in total. The van der Waals surface area contributed by atoms with Crippen molar-refractivity contribution in [2.45, 2.75) is 19.9 Å². The van der Waals surface area contributed by atoms with E-state index in [9.17, 15) is 0 Å². The van der Waals surface area contributed by atoms with Crippen molar-refractivity contribution >= 4 is 0 Å². The van der Waals surface area contributed by atoms with Crippen LogP contribution in [0.3, 0.4) is 0 Å². The van der Waals surface area contributed by atoms with Crippen LogP contribution < -0.4 is 16.0 Å². The van der Waals surface area contributed by atoms with Gasteiger partial charge in [0.2, 0.25) is 0 Å². The van der Waals surface area contributed by atoms with E-state index in [-0.39, 0.29) is 6.04 Å². The molecular weight excluding hydrogens is 238 g/mol. The molecule has 0 bridgehead atoms. The summed E-state index contributed by atoms with van der Waals surface area (Å²) in [5, 5.41) is 0. The number of hydrogen-bond donors (Lipinski definition) is 2. The van der Waals surface area contributed by atoms with Crippen LogP contribution in [0.25, 0.3) is 0 Å². The molecule has 0 amide bonds. The van der Waals surface area contributed by atoms with E-state index in [0.717, 1.165) is 28.1 Å². The van der Waals surface area contributed by atoms with Crippen LogP contribution >= 0.6 is 0 Å². The summed E-state index contributed by atoms with van der Waals surface area (Å²) in [6, 6.07) is 9.91. The number of aryl methyl sites for hydroxylation is 2. The average Bonchev–Trinajstić information content (AvgIpc) is 2.42. The highest BCUT2D eigenvalue weighted by molar-refractivity contribution is 5.43. The van der Waals surface area contributed by atoms with Crippen molar-refractivity contribution in [2.24, 2.45) is 5.84 Å². The van der Waals surface area contributed by atoms with E-state index in [1.807, 2.05) is 44.3 Å². The third-order valence-electron chi connectivity index (χ3n) is 3.13. The van der Waals surface area contributed by atoms with Gasteiger partial charge in [0.25, 0.3) is 0 Å². The van der Waals surface area contributed by atoms with Crippen LogP contribution in [0.2, 0.25) is 0 Å². The summed E-state index contributed by atoms with van der Waals surface area (Å²) in [7, 11) is 1.66. The molecule has 1 unspecified atom stereocenters. The number of benzene rings is 1. The SMILES string of the molecule is COc1ccc(C)cc1C(NN)c1ccc(C)nc1. The summed E-state index contributed by atoms with van der Waals surface area (Å²) in [4.78, 5) is 4.32. The van der Waals surface area contributed by atoms with E-state index in [1.165, 1.54) is 0 Å². The molecule has 4 heteroatoms. The number of methoxy groups -OCH3 is 1. The van der Waals surface area contributed by atoms with E-state index in [0.29, 0.717) is 0 Å². The molecule has 1 heterocycles. The van der Waals surface area contributed by atoms with E-state index < -0.39 is 0 Å². The number of hydrazine groups is 1. The van der Waals surface area contributed by atoms with E-state index in [2.05, 4.69) is 16.5 Å². The highest BCUT2D eigenvalue weighted by Crippen LogP contribution is 2.30. The largest absolute Gasteiger partial charge is 0.496 e. The van der Waals surface area contributed by atoms with Crippen LogP contribution in [0, 0.1) is 13.8 Å². The Hall–Kier alpha value is -1.91. The summed E-state index contributed by atoms with van der Waals surface area (Å²) >= 11 is 0. The van der Waals surface area contributed by atoms with Gasteiger partial charge in [0.05, 0.1) is 13.2 Å². The third-order valence-corrected chi connectivity index (χ3v) is 3.13. The summed E-state index contributed by atoms with van der Waals surface area (Å²) in [6.45, 7) is 4.01. The van der Waals surface area contributed by atoms with Gasteiger partial charge in [-0.1, -0.05) is 23.8 Å². The van der Waals surface area contributed by atoms with Gasteiger partial charge in [-0.25, -0.2) is 5.43 Å². The number of nitrogens with zero attached hydrogens (tertiary/aromatic N) is 1. The summed E-state index contributed by atoms with van der Waals surface area (Å²) in [5.74, 6) is 6.53. The minimum atomic E-state index is -0.136. The first-order valence-corrected chi connectivity index (χ1v) is 6.19. The summed E-state index contributed by atoms with van der Waals surface area (Å²) in [5.41, 5.74) is 7.00. The molecule has 0 aliphatic carbocycles. The lowest BCUT2D eigenvalue weighted by Gasteiger charge is -2.20. The fourth-order valence-corrected chi connectivity index (χ4v) is 2.09. The van der Waals surface area contributed by atoms with Crippen molar-refractivity contribution in [3.8, 4) is 5.75 Å². The minimum Gasteiger partial charge on any atom is -0.496 e. The predicted octanol–water partition coefficient (Wildman–Crippen LogP) is 2.26. The lowest BCUT2D eigenvalue weighted by atomic mass is 9.98. The van der Waals surface area contributed by atoms with Crippen molar-refractivity contribution in [3.63, 3.8) is 0 Å². The fourth-order valence-electron chi connectivity index (χ4n) is 2.09. The maximum Gasteiger partial charge on any atom is 0.124 e. The predicted molar refractivity (Wildman–Crippen MR) is 75.9 cm³/mol. The molecule has 1 aromatic carbocycles. The molecule has 19 heavy (non-hydrogen) atoms. The topological polar surface area (TPSA) is 60.2 Å². The molecule has 0 spiro atoms. The van der Waals surface area contributed by atoms with Crippen LogP contribution in [-0.4, -0.2) is 12.1 Å². The van der Waals surface area contributed by atoms with Gasteiger partial charge in [-0.3, -0.25) is 10.8 Å². The molecule has 0 saturated carbocycles. The van der Waals surface area contributed by atoms with Gasteiger partial charge in [-0.2, -0.15) is 0 Å². The number of pyridine rings is 1. The van der Waals surface area contributed by atoms with Gasteiger partial charge in [0.15, 0.2) is 0 Å². The first kappa shape index (κ1) is 13.5. The smallest absolute Gasteiger partial charge is 0.124 e. The Labute approximate surface area is 113 Å². The number of nitrogens with two attached hydrogens (primary N) is 1. The first-order chi connectivity index (χ1) is 9.15. The average molecular weight is 257 g/mol. The van der Waals surface area contributed by atoms with Gasteiger partial charge < -0.3 is 4.74 Å². The minimum absolute atomic E-state index is 0.136. The lowest BCUT2D eigenvalue weighted by Crippen LogP contribution is -2.29. The number of hydrogen-bond acceptors (Lipinski definition) is 4. The zero-order chi connectivity index (χ0) is 13.8. The summed E-state index contributed by atoms with van der Waals surface area (Å²) in [6.07, 6.45) is 1.83. The lowest BCUT2D eigenvalue weighted by molar-refractivity contribution is 0.404. The van der Waals surface area contributed by atoms with Crippen LogP contribution in [0.5, 0.6) is 5.75 Å². The Kier molecular flexibility index (Phi) is 4.14. The van der Waals surface area contributed by atoms with Gasteiger partial charge in [-0.15, -0.1) is 0 Å². The number of aromatic nitrogens is 1. The maximum absolute atomic E-state index is 5.72. The molecule has 3 N–H and O–H groups in total. The molecular formula is C15H19N3O. The van der Waals surface area contributed by atoms with Gasteiger partial charge in [-0.05, 0) is 31.5 Å². The Balaban J connectivity index is 2.47. The molecule has 0 aliphatic heterocycles. The quantitative estimate of drug-likeness (QED) is 0.651. The van der Waals surface area contributed by atoms with Gasteiger partial charge >= 0.3 is 0 Å². The number of nitrogens with one attached hydrogen (secondary N) is 1. The number of ether oxygens (including phenoxy) is 1. The molecule has 0 radical (unpaired) electrons. The molecule has 100 valence electrons. The Morgan fingerprint density at radius 2 is 2.00 bits per heavy atom. The third kappa shape index (κ3) is 2.92.